The highest BCUT2D eigenvalue weighted by Gasteiger charge is 2.33. The summed E-state index contributed by atoms with van der Waals surface area (Å²) in [6.45, 7) is 1.58. The number of carbonyl (C=O) groups excluding carboxylic acids is 1. The molecule has 2 aromatic heterocycles. The second-order valence-electron chi connectivity index (χ2n) is 5.66. The number of hydrogen-bond acceptors (Lipinski definition) is 2. The van der Waals surface area contributed by atoms with E-state index in [1.54, 1.807) is 6.20 Å². The third-order valence-electron chi connectivity index (χ3n) is 4.19. The van der Waals surface area contributed by atoms with Gasteiger partial charge in [0.2, 0.25) is 5.91 Å². The molecule has 0 bridgehead atoms. The van der Waals surface area contributed by atoms with Crippen LogP contribution in [-0.4, -0.2) is 33.9 Å². The maximum Gasteiger partial charge on any atom is 0.225 e. The topological polar surface area (TPSA) is 49.0 Å². The summed E-state index contributed by atoms with van der Waals surface area (Å²) in [6, 6.07) is 6.16. The minimum atomic E-state index is 0.322. The summed E-state index contributed by atoms with van der Waals surface area (Å²) < 4.78 is 0. The molecule has 1 N–H and O–H groups in total. The molecule has 0 radical (unpaired) electrons. The Kier molecular flexibility index (Phi) is 2.62. The van der Waals surface area contributed by atoms with E-state index in [1.165, 1.54) is 5.57 Å². The van der Waals surface area contributed by atoms with Crippen molar-refractivity contribution in [2.24, 2.45) is 5.92 Å². The van der Waals surface area contributed by atoms with Crippen LogP contribution >= 0.6 is 0 Å². The molecule has 1 fully saturated rings. The molecule has 1 aliphatic carbocycles. The third kappa shape index (κ3) is 2.01. The minimum absolute atomic E-state index is 0.322. The van der Waals surface area contributed by atoms with Crippen molar-refractivity contribution in [1.82, 2.24) is 14.9 Å². The number of rotatable bonds is 2. The number of hydrogen-bond donors (Lipinski definition) is 1. The fraction of sp³-hybridized carbons (Fsp3) is 0.375. The molecule has 2 aliphatic rings. The first-order chi connectivity index (χ1) is 9.81. The van der Waals surface area contributed by atoms with Gasteiger partial charge in [0, 0.05) is 36.3 Å². The third-order valence-corrected chi connectivity index (χ3v) is 4.19. The fourth-order valence-corrected chi connectivity index (χ4v) is 2.83. The lowest BCUT2D eigenvalue weighted by Gasteiger charge is -2.26. The fourth-order valence-electron chi connectivity index (χ4n) is 2.83. The van der Waals surface area contributed by atoms with Crippen molar-refractivity contribution in [2.45, 2.75) is 19.3 Å². The van der Waals surface area contributed by atoms with E-state index in [0.717, 1.165) is 49.1 Å². The van der Waals surface area contributed by atoms with Crippen LogP contribution in [0.1, 0.15) is 25.0 Å². The van der Waals surface area contributed by atoms with Crippen LogP contribution < -0.4 is 0 Å². The molecule has 2 aromatic rings. The van der Waals surface area contributed by atoms with E-state index >= 15 is 0 Å². The van der Waals surface area contributed by atoms with Gasteiger partial charge in [0.15, 0.2) is 0 Å². The van der Waals surface area contributed by atoms with E-state index in [9.17, 15) is 4.79 Å². The maximum atomic E-state index is 12.0. The van der Waals surface area contributed by atoms with E-state index in [0.29, 0.717) is 11.8 Å². The summed E-state index contributed by atoms with van der Waals surface area (Å²) >= 11 is 0. The van der Waals surface area contributed by atoms with Crippen LogP contribution in [0, 0.1) is 5.92 Å². The summed E-state index contributed by atoms with van der Waals surface area (Å²) in [6.07, 6.45) is 7.06. The zero-order chi connectivity index (χ0) is 13.5. The van der Waals surface area contributed by atoms with Gasteiger partial charge in [-0.2, -0.15) is 0 Å². The van der Waals surface area contributed by atoms with E-state index in [1.807, 2.05) is 11.0 Å². The van der Waals surface area contributed by atoms with Crippen molar-refractivity contribution >= 4 is 22.5 Å². The number of nitrogens with zero attached hydrogens (tertiary/aromatic N) is 2. The molecule has 20 heavy (non-hydrogen) atoms. The Balaban J connectivity index is 1.55. The van der Waals surface area contributed by atoms with Gasteiger partial charge in [-0.3, -0.25) is 4.79 Å². The molecule has 0 unspecified atom stereocenters. The first-order valence-electron chi connectivity index (χ1n) is 7.23. The van der Waals surface area contributed by atoms with Crippen molar-refractivity contribution in [2.75, 3.05) is 13.1 Å². The smallest absolute Gasteiger partial charge is 0.225 e. The van der Waals surface area contributed by atoms with E-state index in [2.05, 4.69) is 28.2 Å². The Labute approximate surface area is 117 Å². The van der Waals surface area contributed by atoms with Gasteiger partial charge in [-0.15, -0.1) is 0 Å². The Bertz CT molecular complexity index is 664. The van der Waals surface area contributed by atoms with Crippen LogP contribution in [0.5, 0.6) is 0 Å². The molecular formula is C16H17N3O. The van der Waals surface area contributed by atoms with Gasteiger partial charge >= 0.3 is 0 Å². The molecule has 4 rings (SSSR count). The van der Waals surface area contributed by atoms with Crippen molar-refractivity contribution in [3.05, 3.63) is 36.2 Å². The molecule has 1 saturated carbocycles. The maximum absolute atomic E-state index is 12.0. The summed E-state index contributed by atoms with van der Waals surface area (Å²) in [4.78, 5) is 21.7. The Morgan fingerprint density at radius 1 is 1.40 bits per heavy atom. The van der Waals surface area contributed by atoms with Crippen LogP contribution in [0.15, 0.2) is 30.5 Å². The predicted molar refractivity (Wildman–Crippen MR) is 78.0 cm³/mol. The van der Waals surface area contributed by atoms with E-state index in [-0.39, 0.29) is 0 Å². The molecule has 0 saturated heterocycles. The van der Waals surface area contributed by atoms with Crippen LogP contribution in [0.25, 0.3) is 16.6 Å². The number of fused-ring (bicyclic) bond motifs is 1. The molecule has 4 heteroatoms. The van der Waals surface area contributed by atoms with Crippen molar-refractivity contribution in [3.63, 3.8) is 0 Å². The molecule has 4 nitrogen and oxygen atoms in total. The monoisotopic (exact) mass is 267 g/mol. The largest absolute Gasteiger partial charge is 0.339 e. The molecule has 1 aliphatic heterocycles. The summed E-state index contributed by atoms with van der Waals surface area (Å²) in [5.41, 5.74) is 3.36. The van der Waals surface area contributed by atoms with Gasteiger partial charge in [0.05, 0.1) is 0 Å². The molecule has 102 valence electrons. The SMILES string of the molecule is O=C(C1CC1)N1CC=C(c2cc3cccnc3[nH]2)CC1. The average molecular weight is 267 g/mol. The Morgan fingerprint density at radius 3 is 3.00 bits per heavy atom. The average Bonchev–Trinajstić information content (AvgIpc) is 3.25. The number of H-pyrrole nitrogens is 1. The lowest BCUT2D eigenvalue weighted by Crippen LogP contribution is -2.35. The van der Waals surface area contributed by atoms with Gasteiger partial charge in [-0.25, -0.2) is 4.98 Å². The van der Waals surface area contributed by atoms with Gasteiger partial charge in [0.1, 0.15) is 5.65 Å². The summed E-state index contributed by atoms with van der Waals surface area (Å²) in [5.74, 6) is 0.667. The first-order valence-corrected chi connectivity index (χ1v) is 7.23. The van der Waals surface area contributed by atoms with Gasteiger partial charge in [-0.05, 0) is 43.0 Å². The van der Waals surface area contributed by atoms with Gasteiger partial charge < -0.3 is 9.88 Å². The lowest BCUT2D eigenvalue weighted by atomic mass is 10.0. The molecule has 1 amide bonds. The molecule has 0 atom stereocenters. The molecule has 0 spiro atoms. The Hall–Kier alpha value is -2.10. The lowest BCUT2D eigenvalue weighted by molar-refractivity contribution is -0.132. The van der Waals surface area contributed by atoms with Crippen LogP contribution in [0.4, 0.5) is 0 Å². The van der Waals surface area contributed by atoms with Crippen LogP contribution in [-0.2, 0) is 4.79 Å². The van der Waals surface area contributed by atoms with Gasteiger partial charge in [-0.1, -0.05) is 6.08 Å². The Morgan fingerprint density at radius 2 is 2.30 bits per heavy atom. The highest BCUT2D eigenvalue weighted by Crippen LogP contribution is 2.32. The second-order valence-corrected chi connectivity index (χ2v) is 5.66. The number of nitrogens with one attached hydrogen (secondary N) is 1. The number of amides is 1. The highest BCUT2D eigenvalue weighted by atomic mass is 16.2. The number of aromatic amines is 1. The second kappa shape index (κ2) is 4.47. The molecule has 0 aromatic carbocycles. The van der Waals surface area contributed by atoms with Crippen molar-refractivity contribution in [3.8, 4) is 0 Å². The van der Waals surface area contributed by atoms with E-state index < -0.39 is 0 Å². The predicted octanol–water partition coefficient (Wildman–Crippen LogP) is 2.59. The normalized spacial score (nSPS) is 19.2. The van der Waals surface area contributed by atoms with E-state index in [4.69, 9.17) is 0 Å². The summed E-state index contributed by atoms with van der Waals surface area (Å²) in [7, 11) is 0. The first kappa shape index (κ1) is 11.7. The zero-order valence-electron chi connectivity index (χ0n) is 11.3. The highest BCUT2D eigenvalue weighted by molar-refractivity contribution is 5.84. The molecule has 3 heterocycles. The number of aromatic nitrogens is 2. The van der Waals surface area contributed by atoms with Crippen molar-refractivity contribution in [1.29, 1.82) is 0 Å². The summed E-state index contributed by atoms with van der Waals surface area (Å²) in [5, 5.41) is 1.14. The van der Waals surface area contributed by atoms with Crippen molar-refractivity contribution < 1.29 is 4.79 Å². The van der Waals surface area contributed by atoms with Crippen LogP contribution in [0.3, 0.4) is 0 Å². The number of pyridine rings is 1. The standard InChI is InChI=1S/C16H17N3O/c20-16(12-3-4-12)19-8-5-11(6-9-19)14-10-13-2-1-7-17-15(13)18-14/h1-2,5,7,10,12H,3-4,6,8-9H2,(H,17,18). The minimum Gasteiger partial charge on any atom is -0.339 e. The number of carbonyl (C=O) groups is 1. The van der Waals surface area contributed by atoms with Gasteiger partial charge in [0.25, 0.3) is 0 Å². The quantitative estimate of drug-likeness (QED) is 0.909. The van der Waals surface area contributed by atoms with Crippen LogP contribution in [0.2, 0.25) is 0 Å². The molecular weight excluding hydrogens is 250 g/mol. The zero-order valence-corrected chi connectivity index (χ0v) is 11.3.